The first kappa shape index (κ1) is 41.0. The maximum absolute atomic E-state index is 2.56. The number of rotatable bonds is 5. The van der Waals surface area contributed by atoms with E-state index >= 15 is 0 Å². The summed E-state index contributed by atoms with van der Waals surface area (Å²) >= 11 is 0. The average molecular weight is 916 g/mol. The van der Waals surface area contributed by atoms with Crippen molar-refractivity contribution in [2.24, 2.45) is 0 Å². The molecule has 1 nitrogen and oxygen atoms in total. The Morgan fingerprint density at radius 3 is 1.18 bits per heavy atom. The van der Waals surface area contributed by atoms with Gasteiger partial charge in [-0.15, -0.1) is 0 Å². The van der Waals surface area contributed by atoms with Gasteiger partial charge in [0.15, 0.2) is 0 Å². The Kier molecular flexibility index (Phi) is 8.62. The van der Waals surface area contributed by atoms with E-state index in [4.69, 9.17) is 0 Å². The van der Waals surface area contributed by atoms with Gasteiger partial charge in [0.05, 0.1) is 16.5 Å². The molecule has 11 aromatic carbocycles. The molecule has 338 valence electrons. The van der Waals surface area contributed by atoms with Crippen molar-refractivity contribution < 1.29 is 0 Å². The first-order valence-electron chi connectivity index (χ1n) is 25.4. The Balaban J connectivity index is 1.00. The summed E-state index contributed by atoms with van der Waals surface area (Å²) < 4.78 is 0. The second kappa shape index (κ2) is 15.1. The van der Waals surface area contributed by atoms with Crippen LogP contribution in [0.2, 0.25) is 0 Å². The van der Waals surface area contributed by atoms with Crippen LogP contribution in [0.15, 0.2) is 261 Å². The minimum Gasteiger partial charge on any atom is -0.310 e. The van der Waals surface area contributed by atoms with Crippen LogP contribution in [0.5, 0.6) is 0 Å². The molecule has 72 heavy (non-hydrogen) atoms. The molecule has 0 saturated heterocycles. The van der Waals surface area contributed by atoms with E-state index in [1.807, 2.05) is 0 Å². The summed E-state index contributed by atoms with van der Waals surface area (Å²) in [6, 6.07) is 98.7. The van der Waals surface area contributed by atoms with Gasteiger partial charge in [0.25, 0.3) is 0 Å². The number of hydrogen-bond donors (Lipinski definition) is 0. The van der Waals surface area contributed by atoms with Crippen molar-refractivity contribution in [3.63, 3.8) is 0 Å². The second-order valence-corrected chi connectivity index (χ2v) is 20.6. The van der Waals surface area contributed by atoms with Crippen LogP contribution < -0.4 is 4.90 Å². The third kappa shape index (κ3) is 5.27. The summed E-state index contributed by atoms with van der Waals surface area (Å²) in [4.78, 5) is 2.56. The molecule has 0 aliphatic heterocycles. The van der Waals surface area contributed by atoms with E-state index in [-0.39, 0.29) is 5.41 Å². The van der Waals surface area contributed by atoms with Gasteiger partial charge < -0.3 is 4.90 Å². The van der Waals surface area contributed by atoms with Gasteiger partial charge in [0.2, 0.25) is 0 Å². The van der Waals surface area contributed by atoms with Crippen LogP contribution in [0.4, 0.5) is 17.1 Å². The molecule has 0 saturated carbocycles. The van der Waals surface area contributed by atoms with Gasteiger partial charge >= 0.3 is 0 Å². The summed E-state index contributed by atoms with van der Waals surface area (Å²) in [7, 11) is 0. The van der Waals surface area contributed by atoms with E-state index in [2.05, 4.69) is 280 Å². The van der Waals surface area contributed by atoms with Gasteiger partial charge in [0, 0.05) is 22.4 Å². The lowest BCUT2D eigenvalue weighted by molar-refractivity contribution is 0.660. The van der Waals surface area contributed by atoms with Crippen LogP contribution in [0.1, 0.15) is 69.5 Å². The molecule has 0 bridgehead atoms. The average Bonchev–Trinajstić information content (AvgIpc) is 3.98. The summed E-state index contributed by atoms with van der Waals surface area (Å²) in [5, 5.41) is 0. The minimum atomic E-state index is -0.636. The van der Waals surface area contributed by atoms with Crippen molar-refractivity contribution in [3.05, 3.63) is 316 Å². The molecule has 15 rings (SSSR count). The smallest absolute Gasteiger partial charge is 0.0726 e. The Hall–Kier alpha value is -8.78. The Morgan fingerprint density at radius 1 is 0.250 bits per heavy atom. The molecule has 4 aliphatic carbocycles. The molecule has 4 aliphatic rings. The zero-order valence-corrected chi connectivity index (χ0v) is 40.3. The van der Waals surface area contributed by atoms with Crippen molar-refractivity contribution in [1.82, 2.24) is 0 Å². The predicted octanol–water partition coefficient (Wildman–Crippen LogP) is 17.8. The van der Waals surface area contributed by atoms with E-state index < -0.39 is 10.8 Å². The summed E-state index contributed by atoms with van der Waals surface area (Å²) in [6.45, 7) is 4.78. The Bertz CT molecular complexity index is 3910. The zero-order chi connectivity index (χ0) is 47.8. The Labute approximate surface area is 422 Å². The number of nitrogens with zero attached hydrogens (tertiary/aromatic N) is 1. The van der Waals surface area contributed by atoms with Crippen LogP contribution in [0.25, 0.3) is 55.6 Å². The number of benzene rings is 11. The van der Waals surface area contributed by atoms with E-state index in [0.717, 1.165) is 17.1 Å². The van der Waals surface area contributed by atoms with Gasteiger partial charge in [-0.2, -0.15) is 0 Å². The van der Waals surface area contributed by atoms with Crippen molar-refractivity contribution in [2.75, 3.05) is 4.90 Å². The largest absolute Gasteiger partial charge is 0.310 e. The van der Waals surface area contributed by atoms with Crippen LogP contribution in [0, 0.1) is 0 Å². The predicted molar refractivity (Wildman–Crippen MR) is 298 cm³/mol. The highest BCUT2D eigenvalue weighted by atomic mass is 15.1. The standard InChI is InChI=1S/C71H49N/c1-69(2)59-31-14-8-27-54(59)57-44-43-49(45-66(57)69)72(67-38-20-37-65-68(67)58-30-13-19-36-64(58)71(65)62-34-17-11-28-55(62)56-29-12-18-35-63(56)71)48-41-39-47(40-42-48)70(46-21-4-3-5-22-46)60-32-15-9-25-52(60)50-23-6-7-24-51(50)53-26-10-16-33-61(53)70/h3-45H,1-2H3. The summed E-state index contributed by atoms with van der Waals surface area (Å²) in [5.74, 6) is 0. The monoisotopic (exact) mass is 915 g/mol. The van der Waals surface area contributed by atoms with Crippen LogP contribution >= 0.6 is 0 Å². The van der Waals surface area contributed by atoms with Crippen LogP contribution in [-0.2, 0) is 16.2 Å². The molecular weight excluding hydrogens is 867 g/mol. The second-order valence-electron chi connectivity index (χ2n) is 20.6. The Morgan fingerprint density at radius 2 is 0.625 bits per heavy atom. The molecule has 0 N–H and O–H groups in total. The number of anilines is 3. The van der Waals surface area contributed by atoms with E-state index in [9.17, 15) is 0 Å². The molecule has 0 heterocycles. The van der Waals surface area contributed by atoms with Crippen molar-refractivity contribution in [2.45, 2.75) is 30.1 Å². The summed E-state index contributed by atoms with van der Waals surface area (Å²) in [6.07, 6.45) is 0. The quantitative estimate of drug-likeness (QED) is 0.166. The molecule has 0 amide bonds. The molecule has 0 aromatic heterocycles. The van der Waals surface area contributed by atoms with Crippen LogP contribution in [0.3, 0.4) is 0 Å². The highest BCUT2D eigenvalue weighted by molar-refractivity contribution is 6.02. The first-order valence-corrected chi connectivity index (χ1v) is 25.4. The third-order valence-corrected chi connectivity index (χ3v) is 17.0. The van der Waals surface area contributed by atoms with Crippen LogP contribution in [-0.4, -0.2) is 0 Å². The van der Waals surface area contributed by atoms with E-state index in [0.29, 0.717) is 0 Å². The topological polar surface area (TPSA) is 3.24 Å². The fourth-order valence-corrected chi connectivity index (χ4v) is 14.1. The van der Waals surface area contributed by atoms with Gasteiger partial charge in [-0.25, -0.2) is 0 Å². The zero-order valence-electron chi connectivity index (χ0n) is 40.3. The third-order valence-electron chi connectivity index (χ3n) is 17.0. The van der Waals surface area contributed by atoms with Crippen molar-refractivity contribution in [3.8, 4) is 55.6 Å². The first-order chi connectivity index (χ1) is 35.5. The van der Waals surface area contributed by atoms with E-state index in [1.54, 1.807) is 0 Å². The fraction of sp³-hybridized carbons (Fsp3) is 0.0704. The summed E-state index contributed by atoms with van der Waals surface area (Å²) in [5.41, 5.74) is 28.0. The molecule has 0 fully saturated rings. The molecule has 11 aromatic rings. The highest BCUT2D eigenvalue weighted by Gasteiger charge is 2.52. The van der Waals surface area contributed by atoms with Crippen molar-refractivity contribution in [1.29, 1.82) is 0 Å². The van der Waals surface area contributed by atoms with E-state index in [1.165, 1.54) is 111 Å². The highest BCUT2D eigenvalue weighted by Crippen LogP contribution is 2.65. The van der Waals surface area contributed by atoms with Gasteiger partial charge in [-0.1, -0.05) is 244 Å². The number of fused-ring (bicyclic) bond motifs is 18. The minimum absolute atomic E-state index is 0.177. The molecule has 0 unspecified atom stereocenters. The van der Waals surface area contributed by atoms with Crippen molar-refractivity contribution >= 4 is 17.1 Å². The molecule has 0 atom stereocenters. The molecule has 0 radical (unpaired) electrons. The fourth-order valence-electron chi connectivity index (χ4n) is 14.1. The number of hydrogen-bond acceptors (Lipinski definition) is 1. The van der Waals surface area contributed by atoms with Gasteiger partial charge in [-0.3, -0.25) is 0 Å². The molecule has 1 spiro atoms. The normalized spacial score (nSPS) is 14.9. The lowest BCUT2D eigenvalue weighted by atomic mass is 9.63. The lowest BCUT2D eigenvalue weighted by Gasteiger charge is -2.38. The SMILES string of the molecule is CC1(C)c2ccccc2-c2ccc(N(c3ccc(C4(c5ccccc5)c5ccccc5-c5ccccc5-c5ccccc54)cc3)c3cccc4c3-c3ccccc3C43c4ccccc4-c4ccccc43)cc21. The molecule has 1 heteroatoms. The lowest BCUT2D eigenvalue weighted by Crippen LogP contribution is -2.31. The van der Waals surface area contributed by atoms with Gasteiger partial charge in [0.1, 0.15) is 0 Å². The maximum Gasteiger partial charge on any atom is 0.0726 e. The van der Waals surface area contributed by atoms with Gasteiger partial charge in [-0.05, 0) is 136 Å². The maximum atomic E-state index is 2.56. The molecular formula is C71H49N.